The van der Waals surface area contributed by atoms with Crippen LogP contribution in [0.15, 0.2) is 30.3 Å². The van der Waals surface area contributed by atoms with Gasteiger partial charge in [0.15, 0.2) is 0 Å². The van der Waals surface area contributed by atoms with Crippen LogP contribution < -0.4 is 5.32 Å². The number of carbonyl (C=O) groups excluding carboxylic acids is 1. The minimum absolute atomic E-state index is 0.0776. The summed E-state index contributed by atoms with van der Waals surface area (Å²) in [7, 11) is 1.83. The lowest BCUT2D eigenvalue weighted by molar-refractivity contribution is -0.147. The number of nitrogens with one attached hydrogen (secondary N) is 1. The minimum atomic E-state index is -0.177. The van der Waals surface area contributed by atoms with E-state index in [2.05, 4.69) is 5.32 Å². The van der Waals surface area contributed by atoms with E-state index in [1.165, 1.54) is 0 Å². The van der Waals surface area contributed by atoms with E-state index in [0.717, 1.165) is 5.56 Å². The molecule has 3 heteroatoms. The fourth-order valence-electron chi connectivity index (χ4n) is 1.36. The van der Waals surface area contributed by atoms with Crippen LogP contribution in [0.5, 0.6) is 0 Å². The van der Waals surface area contributed by atoms with Crippen molar-refractivity contribution in [3.63, 3.8) is 0 Å². The first-order chi connectivity index (χ1) is 7.22. The predicted octanol–water partition coefficient (Wildman–Crippen LogP) is 1.38. The molecule has 0 saturated carbocycles. The van der Waals surface area contributed by atoms with E-state index < -0.39 is 0 Å². The van der Waals surface area contributed by atoms with Gasteiger partial charge in [-0.25, -0.2) is 0 Å². The molecule has 0 saturated heterocycles. The van der Waals surface area contributed by atoms with E-state index in [1.54, 1.807) is 0 Å². The second-order valence-corrected chi connectivity index (χ2v) is 3.52. The molecule has 3 nitrogen and oxygen atoms in total. The third-order valence-electron chi connectivity index (χ3n) is 2.02. The summed E-state index contributed by atoms with van der Waals surface area (Å²) >= 11 is 0. The summed E-state index contributed by atoms with van der Waals surface area (Å²) in [6, 6.07) is 9.60. The molecule has 1 aromatic carbocycles. The molecule has 15 heavy (non-hydrogen) atoms. The lowest BCUT2D eigenvalue weighted by Crippen LogP contribution is -2.26. The third kappa shape index (κ3) is 4.61. The Morgan fingerprint density at radius 3 is 2.67 bits per heavy atom. The first kappa shape index (κ1) is 11.7. The molecule has 0 fully saturated rings. The number of likely N-dealkylation sites (N-methyl/N-ethyl adjacent to an activating group) is 1. The topological polar surface area (TPSA) is 38.3 Å². The van der Waals surface area contributed by atoms with Crippen molar-refractivity contribution in [2.45, 2.75) is 19.4 Å². The first-order valence-electron chi connectivity index (χ1n) is 5.10. The molecule has 1 rings (SSSR count). The Labute approximate surface area is 90.4 Å². The largest absolute Gasteiger partial charge is 0.461 e. The zero-order valence-electron chi connectivity index (χ0n) is 9.19. The van der Waals surface area contributed by atoms with Gasteiger partial charge < -0.3 is 10.1 Å². The molecule has 0 spiro atoms. The highest BCUT2D eigenvalue weighted by molar-refractivity contribution is 5.72. The standard InChI is InChI=1S/C12H17NO2/c1-10(9-13-2)15-12(14)8-11-6-4-3-5-7-11/h3-7,10,13H,8-9H2,1-2H3. The maximum atomic E-state index is 11.4. The maximum absolute atomic E-state index is 11.4. The highest BCUT2D eigenvalue weighted by Crippen LogP contribution is 2.02. The number of hydrogen-bond acceptors (Lipinski definition) is 3. The molecule has 0 heterocycles. The Bertz CT molecular complexity index is 298. The van der Waals surface area contributed by atoms with Gasteiger partial charge >= 0.3 is 5.97 Å². The smallest absolute Gasteiger partial charge is 0.310 e. The van der Waals surface area contributed by atoms with Crippen LogP contribution in [0.1, 0.15) is 12.5 Å². The second-order valence-electron chi connectivity index (χ2n) is 3.52. The summed E-state index contributed by atoms with van der Waals surface area (Å²) in [5, 5.41) is 2.96. The van der Waals surface area contributed by atoms with Crippen molar-refractivity contribution in [2.75, 3.05) is 13.6 Å². The van der Waals surface area contributed by atoms with Gasteiger partial charge in [0.05, 0.1) is 6.42 Å². The van der Waals surface area contributed by atoms with Crippen molar-refractivity contribution in [1.82, 2.24) is 5.32 Å². The van der Waals surface area contributed by atoms with Gasteiger partial charge in [0.25, 0.3) is 0 Å². The molecule has 0 bridgehead atoms. The van der Waals surface area contributed by atoms with Crippen LogP contribution in [0.3, 0.4) is 0 Å². The fraction of sp³-hybridized carbons (Fsp3) is 0.417. The van der Waals surface area contributed by atoms with Gasteiger partial charge in [0.2, 0.25) is 0 Å². The highest BCUT2D eigenvalue weighted by Gasteiger charge is 2.08. The van der Waals surface area contributed by atoms with Crippen molar-refractivity contribution in [3.8, 4) is 0 Å². The molecular formula is C12H17NO2. The molecule has 0 aliphatic heterocycles. The van der Waals surface area contributed by atoms with Gasteiger partial charge in [-0.2, -0.15) is 0 Å². The molecule has 0 radical (unpaired) electrons. The second kappa shape index (κ2) is 6.19. The van der Waals surface area contributed by atoms with Crippen LogP contribution in [-0.4, -0.2) is 25.7 Å². The monoisotopic (exact) mass is 207 g/mol. The molecule has 0 aliphatic carbocycles. The average molecular weight is 207 g/mol. The summed E-state index contributed by atoms with van der Waals surface area (Å²) in [5.41, 5.74) is 0.985. The van der Waals surface area contributed by atoms with Crippen molar-refractivity contribution in [2.24, 2.45) is 0 Å². The first-order valence-corrected chi connectivity index (χ1v) is 5.10. The molecule has 1 unspecified atom stereocenters. The number of esters is 1. The van der Waals surface area contributed by atoms with Crippen molar-refractivity contribution < 1.29 is 9.53 Å². The lowest BCUT2D eigenvalue weighted by Gasteiger charge is -2.12. The number of rotatable bonds is 5. The third-order valence-corrected chi connectivity index (χ3v) is 2.02. The van der Waals surface area contributed by atoms with Crippen molar-refractivity contribution >= 4 is 5.97 Å². The SMILES string of the molecule is CNCC(C)OC(=O)Cc1ccccc1. The molecule has 0 amide bonds. The molecule has 1 aromatic rings. The summed E-state index contributed by atoms with van der Waals surface area (Å²) in [5.74, 6) is -0.177. The van der Waals surface area contributed by atoms with Crippen LogP contribution in [0.4, 0.5) is 0 Å². The Morgan fingerprint density at radius 2 is 2.07 bits per heavy atom. The van der Waals surface area contributed by atoms with E-state index in [0.29, 0.717) is 13.0 Å². The summed E-state index contributed by atoms with van der Waals surface area (Å²) in [4.78, 5) is 11.4. The van der Waals surface area contributed by atoms with Gasteiger partial charge in [-0.3, -0.25) is 4.79 Å². The number of hydrogen-bond donors (Lipinski definition) is 1. The fourth-order valence-corrected chi connectivity index (χ4v) is 1.36. The van der Waals surface area contributed by atoms with E-state index >= 15 is 0 Å². The van der Waals surface area contributed by atoms with Gasteiger partial charge in [-0.15, -0.1) is 0 Å². The Balaban J connectivity index is 2.36. The average Bonchev–Trinajstić information content (AvgIpc) is 2.19. The van der Waals surface area contributed by atoms with Crippen molar-refractivity contribution in [3.05, 3.63) is 35.9 Å². The number of ether oxygens (including phenoxy) is 1. The molecule has 0 aromatic heterocycles. The van der Waals surface area contributed by atoms with Crippen LogP contribution in [-0.2, 0) is 16.0 Å². The van der Waals surface area contributed by atoms with Crippen LogP contribution in [0.2, 0.25) is 0 Å². The Hall–Kier alpha value is -1.35. The molecule has 0 aliphatic rings. The quantitative estimate of drug-likeness (QED) is 0.741. The van der Waals surface area contributed by atoms with E-state index in [1.807, 2.05) is 44.3 Å². The van der Waals surface area contributed by atoms with Gasteiger partial charge in [0.1, 0.15) is 6.10 Å². The number of carbonyl (C=O) groups is 1. The van der Waals surface area contributed by atoms with E-state index in [4.69, 9.17) is 4.74 Å². The summed E-state index contributed by atoms with van der Waals surface area (Å²) < 4.78 is 5.19. The van der Waals surface area contributed by atoms with E-state index in [-0.39, 0.29) is 12.1 Å². The Kier molecular flexibility index (Phi) is 4.84. The summed E-state index contributed by atoms with van der Waals surface area (Å²) in [6.07, 6.45) is 0.265. The minimum Gasteiger partial charge on any atom is -0.461 e. The molecule has 1 N–H and O–H groups in total. The van der Waals surface area contributed by atoms with Crippen molar-refractivity contribution in [1.29, 1.82) is 0 Å². The van der Waals surface area contributed by atoms with Crippen LogP contribution >= 0.6 is 0 Å². The zero-order valence-corrected chi connectivity index (χ0v) is 9.19. The van der Waals surface area contributed by atoms with Gasteiger partial charge in [-0.05, 0) is 19.5 Å². The molecule has 1 atom stereocenters. The highest BCUT2D eigenvalue weighted by atomic mass is 16.5. The van der Waals surface area contributed by atoms with Gasteiger partial charge in [0, 0.05) is 6.54 Å². The normalized spacial score (nSPS) is 12.1. The lowest BCUT2D eigenvalue weighted by atomic mass is 10.1. The van der Waals surface area contributed by atoms with E-state index in [9.17, 15) is 4.79 Å². The maximum Gasteiger partial charge on any atom is 0.310 e. The summed E-state index contributed by atoms with van der Waals surface area (Å²) in [6.45, 7) is 2.56. The Morgan fingerprint density at radius 1 is 1.40 bits per heavy atom. The number of benzene rings is 1. The predicted molar refractivity (Wildman–Crippen MR) is 59.6 cm³/mol. The van der Waals surface area contributed by atoms with Gasteiger partial charge in [-0.1, -0.05) is 30.3 Å². The zero-order chi connectivity index (χ0) is 11.1. The van der Waals surface area contributed by atoms with Crippen LogP contribution in [0, 0.1) is 0 Å². The van der Waals surface area contributed by atoms with Crippen LogP contribution in [0.25, 0.3) is 0 Å². The molecular weight excluding hydrogens is 190 g/mol. The molecule has 82 valence electrons.